The number of hydrogen-bond donors (Lipinski definition) is 1. The molecule has 134 valence electrons. The number of hydrogen-bond acceptors (Lipinski definition) is 6. The van der Waals surface area contributed by atoms with Crippen molar-refractivity contribution in [3.63, 3.8) is 0 Å². The first-order chi connectivity index (χ1) is 12.8. The number of carbonyl (C=O) groups excluding carboxylic acids is 1. The summed E-state index contributed by atoms with van der Waals surface area (Å²) in [6, 6.07) is 13.1. The summed E-state index contributed by atoms with van der Waals surface area (Å²) in [5.74, 6) is 1.87. The summed E-state index contributed by atoms with van der Waals surface area (Å²) in [7, 11) is 0. The van der Waals surface area contributed by atoms with Gasteiger partial charge in [0.15, 0.2) is 5.76 Å². The fraction of sp³-hybridized carbons (Fsp3) is 0.316. The van der Waals surface area contributed by atoms with Crippen LogP contribution in [-0.2, 0) is 4.79 Å². The van der Waals surface area contributed by atoms with Gasteiger partial charge in [0.2, 0.25) is 11.8 Å². The molecule has 1 aliphatic rings. The van der Waals surface area contributed by atoms with Crippen LogP contribution in [0, 0.1) is 0 Å². The predicted molar refractivity (Wildman–Crippen MR) is 95.5 cm³/mol. The van der Waals surface area contributed by atoms with Crippen LogP contribution >= 0.6 is 0 Å². The Balaban J connectivity index is 1.28. The normalized spacial score (nSPS) is 15.8. The number of nitrogens with one attached hydrogen (secondary N) is 1. The van der Waals surface area contributed by atoms with Crippen molar-refractivity contribution in [2.45, 2.75) is 18.8 Å². The number of anilines is 1. The topological polar surface area (TPSA) is 84.4 Å². The van der Waals surface area contributed by atoms with Crippen LogP contribution in [0.1, 0.15) is 24.7 Å². The van der Waals surface area contributed by atoms with Crippen LogP contribution in [0.3, 0.4) is 0 Å². The molecule has 26 heavy (non-hydrogen) atoms. The number of furan rings is 1. The average Bonchev–Trinajstić information content (AvgIpc) is 3.35. The van der Waals surface area contributed by atoms with Crippen molar-refractivity contribution in [1.82, 2.24) is 15.1 Å². The van der Waals surface area contributed by atoms with Crippen LogP contribution in [0.5, 0.6) is 0 Å². The molecular formula is C19H20N4O3. The van der Waals surface area contributed by atoms with E-state index in [9.17, 15) is 4.79 Å². The van der Waals surface area contributed by atoms with E-state index in [1.165, 1.54) is 0 Å². The Morgan fingerprint density at radius 2 is 1.92 bits per heavy atom. The molecule has 0 bridgehead atoms. The molecule has 0 saturated carbocycles. The van der Waals surface area contributed by atoms with Gasteiger partial charge < -0.3 is 14.2 Å². The van der Waals surface area contributed by atoms with Gasteiger partial charge in [-0.1, -0.05) is 18.2 Å². The number of benzene rings is 1. The van der Waals surface area contributed by atoms with Crippen molar-refractivity contribution in [3.05, 3.63) is 54.6 Å². The highest BCUT2D eigenvalue weighted by molar-refractivity contribution is 5.92. The molecule has 4 rings (SSSR count). The first kappa shape index (κ1) is 16.5. The molecule has 0 atom stereocenters. The number of nitrogens with zero attached hydrogens (tertiary/aromatic N) is 3. The van der Waals surface area contributed by atoms with Gasteiger partial charge in [0.1, 0.15) is 0 Å². The molecule has 3 aromatic rings. The molecule has 7 nitrogen and oxygen atoms in total. The molecule has 0 spiro atoms. The van der Waals surface area contributed by atoms with Crippen LogP contribution in [0.2, 0.25) is 0 Å². The Morgan fingerprint density at radius 1 is 1.12 bits per heavy atom. The quantitative estimate of drug-likeness (QED) is 0.759. The third kappa shape index (κ3) is 3.83. The molecule has 0 radical (unpaired) electrons. The zero-order valence-electron chi connectivity index (χ0n) is 14.3. The van der Waals surface area contributed by atoms with E-state index in [2.05, 4.69) is 20.4 Å². The average molecular weight is 352 g/mol. The maximum atomic E-state index is 12.2. The van der Waals surface area contributed by atoms with Gasteiger partial charge in [-0.25, -0.2) is 0 Å². The number of piperidine rings is 1. The van der Waals surface area contributed by atoms with Crippen molar-refractivity contribution in [2.75, 3.05) is 25.0 Å². The van der Waals surface area contributed by atoms with Crippen LogP contribution in [0.25, 0.3) is 11.7 Å². The molecule has 1 N–H and O–H groups in total. The van der Waals surface area contributed by atoms with Crippen LogP contribution in [-0.4, -0.2) is 40.6 Å². The van der Waals surface area contributed by atoms with Gasteiger partial charge in [-0.05, 0) is 50.2 Å². The minimum absolute atomic E-state index is 0.00699. The zero-order valence-corrected chi connectivity index (χ0v) is 14.3. The lowest BCUT2D eigenvalue weighted by molar-refractivity contribution is -0.117. The minimum Gasteiger partial charge on any atom is -0.459 e. The summed E-state index contributed by atoms with van der Waals surface area (Å²) >= 11 is 0. The zero-order chi connectivity index (χ0) is 17.8. The number of likely N-dealkylation sites (tertiary alicyclic amines) is 1. The van der Waals surface area contributed by atoms with Gasteiger partial charge >= 0.3 is 0 Å². The van der Waals surface area contributed by atoms with Crippen molar-refractivity contribution < 1.29 is 13.6 Å². The molecule has 1 saturated heterocycles. The third-order valence-electron chi connectivity index (χ3n) is 4.53. The summed E-state index contributed by atoms with van der Waals surface area (Å²) in [4.78, 5) is 14.3. The summed E-state index contributed by atoms with van der Waals surface area (Å²) in [6.45, 7) is 2.04. The van der Waals surface area contributed by atoms with Crippen molar-refractivity contribution in [2.24, 2.45) is 0 Å². The highest BCUT2D eigenvalue weighted by atomic mass is 16.4. The van der Waals surface area contributed by atoms with E-state index in [1.807, 2.05) is 30.3 Å². The van der Waals surface area contributed by atoms with E-state index < -0.39 is 0 Å². The number of carbonyl (C=O) groups is 1. The van der Waals surface area contributed by atoms with E-state index in [0.717, 1.165) is 31.6 Å². The Labute approximate surface area is 151 Å². The molecule has 3 heterocycles. The highest BCUT2D eigenvalue weighted by Crippen LogP contribution is 2.29. The fourth-order valence-corrected chi connectivity index (χ4v) is 3.16. The number of amides is 1. The van der Waals surface area contributed by atoms with Crippen LogP contribution < -0.4 is 5.32 Å². The lowest BCUT2D eigenvalue weighted by atomic mass is 9.97. The Morgan fingerprint density at radius 3 is 2.65 bits per heavy atom. The van der Waals surface area contributed by atoms with E-state index in [-0.39, 0.29) is 11.8 Å². The second kappa shape index (κ2) is 7.53. The molecule has 1 fully saturated rings. The third-order valence-corrected chi connectivity index (χ3v) is 4.53. The second-order valence-electron chi connectivity index (χ2n) is 6.39. The first-order valence-corrected chi connectivity index (χ1v) is 8.72. The van der Waals surface area contributed by atoms with E-state index in [1.54, 1.807) is 18.4 Å². The van der Waals surface area contributed by atoms with Gasteiger partial charge in [-0.3, -0.25) is 9.69 Å². The number of aromatic nitrogens is 2. The SMILES string of the molecule is O=C(CN1CCC(c2nnc(-c3ccco3)o2)CC1)Nc1ccccc1. The summed E-state index contributed by atoms with van der Waals surface area (Å²) < 4.78 is 11.0. The minimum atomic E-state index is 0.00699. The van der Waals surface area contributed by atoms with Crippen molar-refractivity contribution in [1.29, 1.82) is 0 Å². The van der Waals surface area contributed by atoms with Crippen molar-refractivity contribution in [3.8, 4) is 11.7 Å². The van der Waals surface area contributed by atoms with Crippen LogP contribution in [0.15, 0.2) is 57.6 Å². The molecule has 0 aliphatic carbocycles. The molecule has 2 aromatic heterocycles. The Kier molecular flexibility index (Phi) is 4.79. The predicted octanol–water partition coefficient (Wildman–Crippen LogP) is 3.15. The first-order valence-electron chi connectivity index (χ1n) is 8.72. The maximum Gasteiger partial charge on any atom is 0.283 e. The largest absolute Gasteiger partial charge is 0.459 e. The van der Waals surface area contributed by atoms with Gasteiger partial charge in [0.25, 0.3) is 5.89 Å². The molecule has 1 amide bonds. The van der Waals surface area contributed by atoms with E-state index in [0.29, 0.717) is 24.1 Å². The fourth-order valence-electron chi connectivity index (χ4n) is 3.16. The molecule has 0 unspecified atom stereocenters. The maximum absolute atomic E-state index is 12.2. The lowest BCUT2D eigenvalue weighted by Gasteiger charge is -2.29. The highest BCUT2D eigenvalue weighted by Gasteiger charge is 2.26. The Hall–Kier alpha value is -2.93. The standard InChI is InChI=1S/C19H20N4O3/c24-17(20-15-5-2-1-3-6-15)13-23-10-8-14(9-11-23)18-21-22-19(26-18)16-7-4-12-25-16/h1-7,12,14H,8-11,13H2,(H,20,24). The summed E-state index contributed by atoms with van der Waals surface area (Å²) in [5.41, 5.74) is 0.823. The van der Waals surface area contributed by atoms with Crippen molar-refractivity contribution >= 4 is 11.6 Å². The summed E-state index contributed by atoms with van der Waals surface area (Å²) in [5, 5.41) is 11.1. The van der Waals surface area contributed by atoms with Gasteiger partial charge in [0, 0.05) is 11.6 Å². The molecule has 1 aromatic carbocycles. The smallest absolute Gasteiger partial charge is 0.283 e. The van der Waals surface area contributed by atoms with Gasteiger partial charge in [0.05, 0.1) is 12.8 Å². The van der Waals surface area contributed by atoms with E-state index >= 15 is 0 Å². The van der Waals surface area contributed by atoms with Gasteiger partial charge in [-0.15, -0.1) is 10.2 Å². The van der Waals surface area contributed by atoms with Crippen LogP contribution in [0.4, 0.5) is 5.69 Å². The molecular weight excluding hydrogens is 332 g/mol. The van der Waals surface area contributed by atoms with E-state index in [4.69, 9.17) is 8.83 Å². The second-order valence-corrected chi connectivity index (χ2v) is 6.39. The number of para-hydroxylation sites is 1. The lowest BCUT2D eigenvalue weighted by Crippen LogP contribution is -2.38. The Bertz CT molecular complexity index is 837. The monoisotopic (exact) mass is 352 g/mol. The molecule has 1 aliphatic heterocycles. The number of rotatable bonds is 5. The summed E-state index contributed by atoms with van der Waals surface area (Å²) in [6.07, 6.45) is 3.36. The molecule has 7 heteroatoms. The van der Waals surface area contributed by atoms with Gasteiger partial charge in [-0.2, -0.15) is 0 Å².